The lowest BCUT2D eigenvalue weighted by molar-refractivity contribution is 0.249. The van der Waals surface area contributed by atoms with Crippen molar-refractivity contribution >= 4 is 56.1 Å². The molecule has 212 valence electrons. The van der Waals surface area contributed by atoms with Crippen LogP contribution in [0.15, 0.2) is 36.5 Å². The third kappa shape index (κ3) is 5.13. The topological polar surface area (TPSA) is 103 Å². The molecular formula is C28H34ClN7O3S. The van der Waals surface area contributed by atoms with Crippen molar-refractivity contribution in [2.24, 2.45) is 0 Å². The molecule has 0 saturated carbocycles. The molecular weight excluding hydrogens is 550 g/mol. The van der Waals surface area contributed by atoms with Gasteiger partial charge in [-0.05, 0) is 57.1 Å². The van der Waals surface area contributed by atoms with E-state index in [1.807, 2.05) is 24.3 Å². The quantitative estimate of drug-likeness (QED) is 0.419. The standard InChI is InChI=1S/C28H34ClN7O3S/c1-34(2)19-10-13-35(14-11-19)24-8-7-23(26-20(24)12-16-39-26)32-28-30-17-21(29)27(33-28)31-22-6-4-5-18-9-15-36(25(18)22)40(3,37)38/h4-8,17,19H,9-16H2,1-3H3,(H2,30,31,32,33). The molecule has 0 radical (unpaired) electrons. The van der Waals surface area contributed by atoms with Crippen LogP contribution in [0.5, 0.6) is 5.75 Å². The number of benzene rings is 2. The molecule has 6 rings (SSSR count). The van der Waals surface area contributed by atoms with Crippen molar-refractivity contribution < 1.29 is 13.2 Å². The van der Waals surface area contributed by atoms with Gasteiger partial charge in [0, 0.05) is 43.3 Å². The Labute approximate surface area is 240 Å². The minimum absolute atomic E-state index is 0.324. The molecule has 1 aromatic heterocycles. The molecule has 3 aliphatic heterocycles. The highest BCUT2D eigenvalue weighted by Crippen LogP contribution is 2.43. The lowest BCUT2D eigenvalue weighted by atomic mass is 10.0. The van der Waals surface area contributed by atoms with Crippen LogP contribution in [-0.4, -0.2) is 75.9 Å². The number of hydrogen-bond donors (Lipinski definition) is 2. The van der Waals surface area contributed by atoms with Crippen LogP contribution < -0.4 is 24.6 Å². The van der Waals surface area contributed by atoms with Crippen molar-refractivity contribution in [3.8, 4) is 5.75 Å². The Bertz CT molecular complexity index is 1540. The summed E-state index contributed by atoms with van der Waals surface area (Å²) in [6.45, 7) is 3.10. The first-order chi connectivity index (χ1) is 19.2. The summed E-state index contributed by atoms with van der Waals surface area (Å²) in [6, 6.07) is 10.5. The van der Waals surface area contributed by atoms with Crippen molar-refractivity contribution in [1.29, 1.82) is 0 Å². The molecule has 0 bridgehead atoms. The summed E-state index contributed by atoms with van der Waals surface area (Å²) in [6.07, 6.45) is 6.54. The maximum Gasteiger partial charge on any atom is 0.232 e. The number of para-hydroxylation sites is 1. The van der Waals surface area contributed by atoms with Gasteiger partial charge >= 0.3 is 0 Å². The lowest BCUT2D eigenvalue weighted by Gasteiger charge is -2.37. The van der Waals surface area contributed by atoms with E-state index in [4.69, 9.17) is 16.3 Å². The summed E-state index contributed by atoms with van der Waals surface area (Å²) in [7, 11) is 0.893. The summed E-state index contributed by atoms with van der Waals surface area (Å²) in [5.74, 6) is 1.58. The van der Waals surface area contributed by atoms with Gasteiger partial charge in [-0.3, -0.25) is 4.31 Å². The third-order valence-corrected chi connectivity index (χ3v) is 9.41. The van der Waals surface area contributed by atoms with Crippen LogP contribution in [0.25, 0.3) is 0 Å². The first-order valence-electron chi connectivity index (χ1n) is 13.6. The van der Waals surface area contributed by atoms with E-state index in [9.17, 15) is 8.42 Å². The molecule has 0 atom stereocenters. The Balaban J connectivity index is 1.25. The van der Waals surface area contributed by atoms with Gasteiger partial charge in [-0.15, -0.1) is 0 Å². The summed E-state index contributed by atoms with van der Waals surface area (Å²) >= 11 is 6.48. The van der Waals surface area contributed by atoms with E-state index in [0.717, 1.165) is 49.4 Å². The molecule has 1 fully saturated rings. The van der Waals surface area contributed by atoms with Gasteiger partial charge in [-0.25, -0.2) is 13.4 Å². The Morgan fingerprint density at radius 3 is 2.60 bits per heavy atom. The minimum Gasteiger partial charge on any atom is -0.491 e. The van der Waals surface area contributed by atoms with Crippen LogP contribution in [0.1, 0.15) is 24.0 Å². The average Bonchev–Trinajstić information content (AvgIpc) is 3.59. The molecule has 2 N–H and O–H groups in total. The van der Waals surface area contributed by atoms with Crippen LogP contribution in [-0.2, 0) is 22.9 Å². The molecule has 0 aliphatic carbocycles. The Kier molecular flexibility index (Phi) is 7.14. The number of aromatic nitrogens is 2. The van der Waals surface area contributed by atoms with Crippen molar-refractivity contribution in [1.82, 2.24) is 14.9 Å². The fraction of sp³-hybridized carbons (Fsp3) is 0.429. The number of sulfonamides is 1. The van der Waals surface area contributed by atoms with E-state index in [1.165, 1.54) is 28.0 Å². The zero-order chi connectivity index (χ0) is 28.0. The van der Waals surface area contributed by atoms with Crippen LogP contribution >= 0.6 is 11.6 Å². The normalized spacial score (nSPS) is 17.1. The predicted octanol–water partition coefficient (Wildman–Crippen LogP) is 4.40. The molecule has 0 unspecified atom stereocenters. The Morgan fingerprint density at radius 1 is 1.05 bits per heavy atom. The SMILES string of the molecule is CN(C)C1CCN(c2ccc(Nc3ncc(Cl)c(Nc4cccc5c4N(S(C)(=O)=O)CC5)n3)c3c2CCO3)CC1. The van der Waals surface area contributed by atoms with E-state index in [0.29, 0.717) is 53.8 Å². The second kappa shape index (κ2) is 10.6. The number of hydrogen-bond acceptors (Lipinski definition) is 9. The summed E-state index contributed by atoms with van der Waals surface area (Å²) in [4.78, 5) is 13.8. The van der Waals surface area contributed by atoms with Crippen molar-refractivity contribution in [2.45, 2.75) is 31.7 Å². The van der Waals surface area contributed by atoms with Crippen LogP contribution in [0, 0.1) is 0 Å². The largest absolute Gasteiger partial charge is 0.491 e. The number of anilines is 6. The van der Waals surface area contributed by atoms with Gasteiger partial charge in [0.2, 0.25) is 16.0 Å². The molecule has 3 aliphatic rings. The monoisotopic (exact) mass is 583 g/mol. The van der Waals surface area contributed by atoms with Crippen molar-refractivity contribution in [2.75, 3.05) is 66.4 Å². The second-order valence-corrected chi connectivity index (χ2v) is 13.1. The van der Waals surface area contributed by atoms with Gasteiger partial charge in [0.15, 0.2) is 5.82 Å². The first-order valence-corrected chi connectivity index (χ1v) is 15.8. The number of halogens is 1. The van der Waals surface area contributed by atoms with Gasteiger partial charge in [0.1, 0.15) is 10.8 Å². The molecule has 3 aromatic rings. The molecule has 1 saturated heterocycles. The number of nitrogens with one attached hydrogen (secondary N) is 2. The lowest BCUT2D eigenvalue weighted by Crippen LogP contribution is -2.42. The first kappa shape index (κ1) is 26.9. The Morgan fingerprint density at radius 2 is 1.85 bits per heavy atom. The van der Waals surface area contributed by atoms with E-state index in [1.54, 1.807) is 0 Å². The zero-order valence-electron chi connectivity index (χ0n) is 22.9. The zero-order valence-corrected chi connectivity index (χ0v) is 24.5. The highest BCUT2D eigenvalue weighted by atomic mass is 35.5. The Hall–Kier alpha value is -3.28. The van der Waals surface area contributed by atoms with Crippen LogP contribution in [0.2, 0.25) is 5.02 Å². The molecule has 10 nitrogen and oxygen atoms in total. The van der Waals surface area contributed by atoms with E-state index >= 15 is 0 Å². The van der Waals surface area contributed by atoms with Crippen molar-refractivity contribution in [3.05, 3.63) is 52.7 Å². The smallest absolute Gasteiger partial charge is 0.232 e. The maximum absolute atomic E-state index is 12.4. The van der Waals surface area contributed by atoms with Gasteiger partial charge in [0.25, 0.3) is 0 Å². The fourth-order valence-corrected chi connectivity index (χ4v) is 7.02. The maximum atomic E-state index is 12.4. The van der Waals surface area contributed by atoms with Gasteiger partial charge in [-0.1, -0.05) is 23.7 Å². The minimum atomic E-state index is -3.42. The second-order valence-electron chi connectivity index (χ2n) is 10.8. The van der Waals surface area contributed by atoms with Gasteiger partial charge < -0.3 is 25.2 Å². The van der Waals surface area contributed by atoms with Gasteiger partial charge in [0.05, 0.1) is 36.1 Å². The number of rotatable bonds is 7. The van der Waals surface area contributed by atoms with Gasteiger partial charge in [-0.2, -0.15) is 4.98 Å². The summed E-state index contributed by atoms with van der Waals surface area (Å²) in [5, 5.41) is 6.89. The fourth-order valence-electron chi connectivity index (χ4n) is 5.91. The van der Waals surface area contributed by atoms with Crippen LogP contribution in [0.3, 0.4) is 0 Å². The average molecular weight is 584 g/mol. The summed E-state index contributed by atoms with van der Waals surface area (Å²) in [5.41, 5.74) is 5.46. The van der Waals surface area contributed by atoms with E-state index in [2.05, 4.69) is 50.6 Å². The van der Waals surface area contributed by atoms with E-state index < -0.39 is 10.0 Å². The molecule has 0 spiro atoms. The van der Waals surface area contributed by atoms with E-state index in [-0.39, 0.29) is 0 Å². The number of ether oxygens (including phenoxy) is 1. The third-order valence-electron chi connectivity index (χ3n) is 7.97. The number of nitrogens with zero attached hydrogens (tertiary/aromatic N) is 5. The predicted molar refractivity (Wildman–Crippen MR) is 161 cm³/mol. The summed E-state index contributed by atoms with van der Waals surface area (Å²) < 4.78 is 32.3. The molecule has 0 amide bonds. The number of fused-ring (bicyclic) bond motifs is 2. The molecule has 12 heteroatoms. The highest BCUT2D eigenvalue weighted by molar-refractivity contribution is 7.92. The molecule has 40 heavy (non-hydrogen) atoms. The highest BCUT2D eigenvalue weighted by Gasteiger charge is 2.30. The molecule has 4 heterocycles. The number of piperidine rings is 1. The van der Waals surface area contributed by atoms with Crippen LogP contribution in [0.4, 0.5) is 34.5 Å². The molecule has 2 aromatic carbocycles. The van der Waals surface area contributed by atoms with Crippen molar-refractivity contribution in [3.63, 3.8) is 0 Å².